The molecule has 0 aromatic heterocycles. The third-order valence-electron chi connectivity index (χ3n) is 3.98. The van der Waals surface area contributed by atoms with Gasteiger partial charge in [-0.2, -0.15) is 4.58 Å². The number of amides is 3. The van der Waals surface area contributed by atoms with Crippen LogP contribution in [0.1, 0.15) is 5.56 Å². The summed E-state index contributed by atoms with van der Waals surface area (Å²) in [6, 6.07) is 6.54. The van der Waals surface area contributed by atoms with Gasteiger partial charge in [0.1, 0.15) is 6.54 Å². The number of rotatable bonds is 2. The molecule has 0 N–H and O–H groups in total. The van der Waals surface area contributed by atoms with E-state index in [1.165, 1.54) is 19.1 Å². The number of hydrogen-bond donors (Lipinski definition) is 0. The molecule has 1 atom stereocenters. The van der Waals surface area contributed by atoms with Crippen molar-refractivity contribution in [2.75, 3.05) is 21.2 Å². The molecule has 3 rings (SSSR count). The largest absolute Gasteiger partial charge is 0.496 e. The molecule has 0 saturated carbocycles. The number of aliphatic imine (C=N–C) groups is 1. The smallest absolute Gasteiger partial charge is 0.432 e. The normalized spacial score (nSPS) is 20.9. The summed E-state index contributed by atoms with van der Waals surface area (Å²) in [4.78, 5) is 31.4. The number of imide groups is 1. The van der Waals surface area contributed by atoms with Crippen molar-refractivity contribution in [1.82, 2.24) is 9.80 Å². The van der Waals surface area contributed by atoms with Crippen molar-refractivity contribution in [3.05, 3.63) is 34.9 Å². The first-order valence-electron chi connectivity index (χ1n) is 7.00. The third-order valence-corrected chi connectivity index (χ3v) is 4.34. The summed E-state index contributed by atoms with van der Waals surface area (Å²) < 4.78 is 7.00. The lowest BCUT2D eigenvalue weighted by molar-refractivity contribution is -0.558. The molecule has 0 radical (unpaired) electrons. The summed E-state index contributed by atoms with van der Waals surface area (Å²) in [6.07, 6.45) is 0. The molecular formula is C15H16ClN4O3+. The second-order valence-corrected chi connectivity index (χ2v) is 5.72. The number of likely N-dealkylation sites (N-methyl/N-ethyl adjacent to an activating group) is 2. The maximum absolute atomic E-state index is 12.6. The number of urea groups is 1. The zero-order valence-corrected chi connectivity index (χ0v) is 13.7. The first kappa shape index (κ1) is 15.5. The van der Waals surface area contributed by atoms with Gasteiger partial charge in [0.05, 0.1) is 7.11 Å². The highest BCUT2D eigenvalue weighted by molar-refractivity contribution is 6.31. The van der Waals surface area contributed by atoms with Crippen LogP contribution in [-0.4, -0.2) is 65.4 Å². The van der Waals surface area contributed by atoms with Crippen molar-refractivity contribution in [3.63, 3.8) is 0 Å². The Bertz CT molecular complexity index is 759. The van der Waals surface area contributed by atoms with Gasteiger partial charge in [0, 0.05) is 29.7 Å². The fourth-order valence-corrected chi connectivity index (χ4v) is 2.90. The van der Waals surface area contributed by atoms with E-state index in [9.17, 15) is 9.59 Å². The predicted octanol–water partition coefficient (Wildman–Crippen LogP) is 1.16. The van der Waals surface area contributed by atoms with Gasteiger partial charge in [0.15, 0.2) is 0 Å². The number of amidine groups is 2. The Morgan fingerprint density at radius 1 is 1.26 bits per heavy atom. The van der Waals surface area contributed by atoms with Crippen molar-refractivity contribution in [2.24, 2.45) is 4.99 Å². The summed E-state index contributed by atoms with van der Waals surface area (Å²) in [5, 5.41) is 0.595. The topological polar surface area (TPSA) is 65.2 Å². The van der Waals surface area contributed by atoms with Crippen LogP contribution < -0.4 is 0 Å². The number of halogens is 1. The number of fused-ring (bicyclic) bond motifs is 1. The van der Waals surface area contributed by atoms with E-state index in [-0.39, 0.29) is 11.9 Å². The monoisotopic (exact) mass is 335 g/mol. The molecule has 0 aliphatic carbocycles. The number of carbonyl (C=O) groups is 2. The Labute approximate surface area is 138 Å². The molecule has 7 nitrogen and oxygen atoms in total. The second kappa shape index (κ2) is 5.66. The number of benzene rings is 1. The number of ether oxygens (including phenoxy) is 1. The minimum atomic E-state index is -0.700. The number of hydrogen-bond acceptors (Lipinski definition) is 4. The van der Waals surface area contributed by atoms with E-state index in [0.717, 1.165) is 10.5 Å². The lowest BCUT2D eigenvalue weighted by atomic mass is 10.1. The van der Waals surface area contributed by atoms with Gasteiger partial charge in [-0.05, 0) is 6.07 Å². The van der Waals surface area contributed by atoms with Gasteiger partial charge >= 0.3 is 12.1 Å². The summed E-state index contributed by atoms with van der Waals surface area (Å²) in [6.45, 7) is 0.349. The highest BCUT2D eigenvalue weighted by atomic mass is 35.5. The van der Waals surface area contributed by atoms with E-state index >= 15 is 0 Å². The molecule has 0 spiro atoms. The average Bonchev–Trinajstić information content (AvgIpc) is 2.91. The van der Waals surface area contributed by atoms with Crippen molar-refractivity contribution in [1.29, 1.82) is 0 Å². The van der Waals surface area contributed by atoms with Crippen LogP contribution in [0.15, 0.2) is 29.3 Å². The average molecular weight is 336 g/mol. The van der Waals surface area contributed by atoms with Crippen LogP contribution in [0, 0.1) is 0 Å². The Morgan fingerprint density at radius 3 is 2.61 bits per heavy atom. The van der Waals surface area contributed by atoms with Crippen molar-refractivity contribution < 1.29 is 18.9 Å². The highest BCUT2D eigenvalue weighted by Gasteiger charge is 2.53. The van der Waals surface area contributed by atoms with Gasteiger partial charge < -0.3 is 4.74 Å². The van der Waals surface area contributed by atoms with Crippen molar-refractivity contribution >= 4 is 35.4 Å². The highest BCUT2D eigenvalue weighted by Crippen LogP contribution is 2.23. The van der Waals surface area contributed by atoms with Crippen LogP contribution >= 0.6 is 11.6 Å². The Hall–Kier alpha value is -2.41. The summed E-state index contributed by atoms with van der Waals surface area (Å²) >= 11 is 6.21. The van der Waals surface area contributed by atoms with Gasteiger partial charge in [-0.15, -0.1) is 0 Å². The van der Waals surface area contributed by atoms with Crippen molar-refractivity contribution in [3.8, 4) is 0 Å². The van der Waals surface area contributed by atoms with Crippen LogP contribution in [-0.2, 0) is 16.1 Å². The van der Waals surface area contributed by atoms with E-state index in [4.69, 9.17) is 16.3 Å². The Morgan fingerprint density at radius 2 is 1.96 bits per heavy atom. The zero-order valence-electron chi connectivity index (χ0n) is 13.0. The van der Waals surface area contributed by atoms with E-state index in [2.05, 4.69) is 4.99 Å². The maximum Gasteiger partial charge on any atom is 0.496 e. The summed E-state index contributed by atoms with van der Waals surface area (Å²) in [7, 11) is 4.52. The standard InChI is InChI=1S/C15H16ClN4O3/c1-18-12-11(13(21)19(2)15(18)22)20(14(17-12)23-3)8-9-6-4-5-7-10(9)16/h4-7,11H,8H2,1-3H3/q+1. The molecule has 2 aliphatic rings. The summed E-state index contributed by atoms with van der Waals surface area (Å²) in [5.74, 6) is 0.0213. The van der Waals surface area contributed by atoms with Gasteiger partial charge in [-0.3, -0.25) is 14.6 Å². The van der Waals surface area contributed by atoms with Crippen LogP contribution in [0.25, 0.3) is 0 Å². The van der Waals surface area contributed by atoms with Gasteiger partial charge in [0.25, 0.3) is 17.8 Å². The first-order valence-corrected chi connectivity index (χ1v) is 7.38. The minimum absolute atomic E-state index is 0.285. The predicted molar refractivity (Wildman–Crippen MR) is 84.6 cm³/mol. The molecule has 0 bridgehead atoms. The van der Waals surface area contributed by atoms with Crippen LogP contribution in [0.2, 0.25) is 5.02 Å². The van der Waals surface area contributed by atoms with E-state index < -0.39 is 12.1 Å². The molecule has 1 saturated heterocycles. The molecule has 2 aliphatic heterocycles. The molecule has 23 heavy (non-hydrogen) atoms. The lowest BCUT2D eigenvalue weighted by Gasteiger charge is -2.30. The Kier molecular flexibility index (Phi) is 3.81. The maximum atomic E-state index is 12.6. The Balaban J connectivity index is 2.02. The molecule has 1 fully saturated rings. The number of nitrogens with zero attached hydrogens (tertiary/aromatic N) is 4. The fraction of sp³-hybridized carbons (Fsp3) is 0.333. The van der Waals surface area contributed by atoms with E-state index in [1.807, 2.05) is 18.2 Å². The number of methoxy groups -OCH3 is 1. The van der Waals surface area contributed by atoms with E-state index in [1.54, 1.807) is 17.7 Å². The molecule has 1 aromatic carbocycles. The molecular weight excluding hydrogens is 320 g/mol. The van der Waals surface area contributed by atoms with Crippen LogP contribution in [0.3, 0.4) is 0 Å². The molecule has 1 unspecified atom stereocenters. The first-order chi connectivity index (χ1) is 11.0. The van der Waals surface area contributed by atoms with Gasteiger partial charge in [-0.1, -0.05) is 29.8 Å². The molecule has 3 amide bonds. The quantitative estimate of drug-likeness (QED) is 0.762. The fourth-order valence-electron chi connectivity index (χ4n) is 2.71. The minimum Gasteiger partial charge on any atom is -0.432 e. The molecule has 1 aromatic rings. The molecule has 2 heterocycles. The van der Waals surface area contributed by atoms with Gasteiger partial charge in [0.2, 0.25) is 0 Å². The second-order valence-electron chi connectivity index (χ2n) is 5.32. The third kappa shape index (κ3) is 2.37. The van der Waals surface area contributed by atoms with Crippen molar-refractivity contribution in [2.45, 2.75) is 12.6 Å². The van der Waals surface area contributed by atoms with Crippen LogP contribution in [0.5, 0.6) is 0 Å². The lowest BCUT2D eigenvalue weighted by Crippen LogP contribution is -2.61. The summed E-state index contributed by atoms with van der Waals surface area (Å²) in [5.41, 5.74) is 0.843. The molecule has 8 heteroatoms. The van der Waals surface area contributed by atoms with Gasteiger partial charge in [-0.25, -0.2) is 4.79 Å². The molecule has 120 valence electrons. The van der Waals surface area contributed by atoms with E-state index in [0.29, 0.717) is 17.4 Å². The SMILES string of the molecule is COC1=[N+](Cc2ccccc2Cl)C2C(=O)N(C)C(=O)N(C)C2=N1. The number of carbonyl (C=O) groups excluding carboxylic acids is 2. The van der Waals surface area contributed by atoms with Crippen LogP contribution in [0.4, 0.5) is 4.79 Å². The zero-order chi connectivity index (χ0) is 16.7.